The smallest absolute Gasteiger partial charge is 0.0594 e. The third-order valence-corrected chi connectivity index (χ3v) is 3.48. The van der Waals surface area contributed by atoms with Crippen molar-refractivity contribution in [2.45, 2.75) is 26.7 Å². The SMILES string of the molecule is CCCCN1CCOCC1.CCN1CCOCC1. The lowest BCUT2D eigenvalue weighted by Crippen LogP contribution is -2.36. The van der Waals surface area contributed by atoms with Gasteiger partial charge in [-0.05, 0) is 19.5 Å². The van der Waals surface area contributed by atoms with E-state index in [1.807, 2.05) is 0 Å². The first-order valence-electron chi connectivity index (χ1n) is 7.47. The molecule has 2 aliphatic rings. The zero-order valence-corrected chi connectivity index (χ0v) is 12.2. The van der Waals surface area contributed by atoms with E-state index < -0.39 is 0 Å². The molecule has 0 aromatic heterocycles. The molecule has 2 fully saturated rings. The molecule has 0 amide bonds. The van der Waals surface area contributed by atoms with Gasteiger partial charge in [0.1, 0.15) is 0 Å². The van der Waals surface area contributed by atoms with Gasteiger partial charge >= 0.3 is 0 Å². The van der Waals surface area contributed by atoms with E-state index in [2.05, 4.69) is 23.6 Å². The lowest BCUT2D eigenvalue weighted by molar-refractivity contribution is 0.0373. The number of nitrogens with zero attached hydrogens (tertiary/aromatic N) is 2. The summed E-state index contributed by atoms with van der Waals surface area (Å²) in [6, 6.07) is 0. The Morgan fingerprint density at radius 2 is 1.28 bits per heavy atom. The monoisotopic (exact) mass is 258 g/mol. The molecule has 0 saturated carbocycles. The first-order valence-corrected chi connectivity index (χ1v) is 7.47. The van der Waals surface area contributed by atoms with Gasteiger partial charge in [0.05, 0.1) is 26.4 Å². The van der Waals surface area contributed by atoms with Gasteiger partial charge in [0.15, 0.2) is 0 Å². The molecular weight excluding hydrogens is 228 g/mol. The summed E-state index contributed by atoms with van der Waals surface area (Å²) in [5.41, 5.74) is 0. The van der Waals surface area contributed by atoms with Gasteiger partial charge < -0.3 is 9.47 Å². The molecule has 0 spiro atoms. The number of hydrogen-bond acceptors (Lipinski definition) is 4. The molecule has 0 unspecified atom stereocenters. The van der Waals surface area contributed by atoms with Crippen LogP contribution < -0.4 is 0 Å². The first kappa shape index (κ1) is 15.9. The van der Waals surface area contributed by atoms with Crippen molar-refractivity contribution in [3.05, 3.63) is 0 Å². The standard InChI is InChI=1S/C8H17NO.C6H13NO/c1-2-3-4-9-5-7-10-8-6-9;1-2-7-3-5-8-6-4-7/h2-8H2,1H3;2-6H2,1H3. The summed E-state index contributed by atoms with van der Waals surface area (Å²) >= 11 is 0. The number of unbranched alkanes of at least 4 members (excludes halogenated alkanes) is 1. The Hall–Kier alpha value is -0.160. The average molecular weight is 258 g/mol. The van der Waals surface area contributed by atoms with Crippen molar-refractivity contribution < 1.29 is 9.47 Å². The molecular formula is C14H30N2O2. The molecule has 2 aliphatic heterocycles. The van der Waals surface area contributed by atoms with E-state index in [9.17, 15) is 0 Å². The molecule has 0 aromatic rings. The van der Waals surface area contributed by atoms with E-state index in [1.54, 1.807) is 0 Å². The largest absolute Gasteiger partial charge is 0.379 e. The predicted octanol–water partition coefficient (Wildman–Crippen LogP) is 1.46. The second kappa shape index (κ2) is 10.7. The number of ether oxygens (including phenoxy) is 2. The molecule has 2 saturated heterocycles. The van der Waals surface area contributed by atoms with Gasteiger partial charge in [0.25, 0.3) is 0 Å². The van der Waals surface area contributed by atoms with Crippen LogP contribution in [0, 0.1) is 0 Å². The quantitative estimate of drug-likeness (QED) is 0.762. The Kier molecular flexibility index (Phi) is 9.48. The van der Waals surface area contributed by atoms with Crippen LogP contribution in [0.4, 0.5) is 0 Å². The molecule has 0 atom stereocenters. The van der Waals surface area contributed by atoms with Crippen LogP contribution in [0.1, 0.15) is 26.7 Å². The Morgan fingerprint density at radius 1 is 0.778 bits per heavy atom. The maximum absolute atomic E-state index is 5.24. The van der Waals surface area contributed by atoms with Crippen LogP contribution in [0.25, 0.3) is 0 Å². The summed E-state index contributed by atoms with van der Waals surface area (Å²) in [6.45, 7) is 15.1. The van der Waals surface area contributed by atoms with Crippen molar-refractivity contribution in [2.75, 3.05) is 65.7 Å². The molecule has 4 nitrogen and oxygen atoms in total. The van der Waals surface area contributed by atoms with Crippen LogP contribution in [0.5, 0.6) is 0 Å². The molecule has 108 valence electrons. The second-order valence-electron chi connectivity index (χ2n) is 4.85. The number of hydrogen-bond donors (Lipinski definition) is 0. The Labute approximate surface area is 112 Å². The molecule has 0 radical (unpaired) electrons. The van der Waals surface area contributed by atoms with E-state index in [0.717, 1.165) is 52.6 Å². The number of rotatable bonds is 4. The van der Waals surface area contributed by atoms with Crippen LogP contribution in [0.2, 0.25) is 0 Å². The van der Waals surface area contributed by atoms with Gasteiger partial charge in [-0.15, -0.1) is 0 Å². The fourth-order valence-electron chi connectivity index (χ4n) is 2.12. The van der Waals surface area contributed by atoms with Crippen LogP contribution in [-0.2, 0) is 9.47 Å². The van der Waals surface area contributed by atoms with Gasteiger partial charge in [-0.2, -0.15) is 0 Å². The summed E-state index contributed by atoms with van der Waals surface area (Å²) in [5.74, 6) is 0. The summed E-state index contributed by atoms with van der Waals surface area (Å²) in [6.07, 6.45) is 2.64. The maximum atomic E-state index is 5.24. The van der Waals surface area contributed by atoms with Crippen molar-refractivity contribution in [3.63, 3.8) is 0 Å². The summed E-state index contributed by atoms with van der Waals surface area (Å²) in [7, 11) is 0. The predicted molar refractivity (Wildman–Crippen MR) is 75.1 cm³/mol. The summed E-state index contributed by atoms with van der Waals surface area (Å²) in [5, 5.41) is 0. The second-order valence-corrected chi connectivity index (χ2v) is 4.85. The minimum Gasteiger partial charge on any atom is -0.379 e. The van der Waals surface area contributed by atoms with E-state index in [4.69, 9.17) is 9.47 Å². The topological polar surface area (TPSA) is 24.9 Å². The minimum atomic E-state index is 0.924. The van der Waals surface area contributed by atoms with Gasteiger partial charge in [-0.1, -0.05) is 20.3 Å². The molecule has 0 bridgehead atoms. The fraction of sp³-hybridized carbons (Fsp3) is 1.00. The lowest BCUT2D eigenvalue weighted by Gasteiger charge is -2.26. The Balaban J connectivity index is 0.000000184. The van der Waals surface area contributed by atoms with Crippen molar-refractivity contribution in [3.8, 4) is 0 Å². The van der Waals surface area contributed by atoms with Crippen molar-refractivity contribution in [1.82, 2.24) is 9.80 Å². The maximum Gasteiger partial charge on any atom is 0.0594 e. The lowest BCUT2D eigenvalue weighted by atomic mass is 10.3. The highest BCUT2D eigenvalue weighted by atomic mass is 16.5. The molecule has 4 heteroatoms. The third-order valence-electron chi connectivity index (χ3n) is 3.48. The molecule has 2 rings (SSSR count). The van der Waals surface area contributed by atoms with Crippen molar-refractivity contribution >= 4 is 0 Å². The van der Waals surface area contributed by atoms with Gasteiger partial charge in [-0.25, -0.2) is 0 Å². The Morgan fingerprint density at radius 3 is 1.67 bits per heavy atom. The highest BCUT2D eigenvalue weighted by Crippen LogP contribution is 1.98. The third kappa shape index (κ3) is 7.31. The minimum absolute atomic E-state index is 0.924. The van der Waals surface area contributed by atoms with Crippen LogP contribution in [-0.4, -0.2) is 75.5 Å². The highest BCUT2D eigenvalue weighted by molar-refractivity contribution is 4.60. The summed E-state index contributed by atoms with van der Waals surface area (Å²) < 4.78 is 10.4. The first-order chi connectivity index (χ1) is 8.86. The van der Waals surface area contributed by atoms with E-state index in [-0.39, 0.29) is 0 Å². The van der Waals surface area contributed by atoms with Crippen molar-refractivity contribution in [2.24, 2.45) is 0 Å². The van der Waals surface area contributed by atoms with E-state index in [0.29, 0.717) is 0 Å². The average Bonchev–Trinajstić information content (AvgIpc) is 2.48. The van der Waals surface area contributed by atoms with Crippen molar-refractivity contribution in [1.29, 1.82) is 0 Å². The van der Waals surface area contributed by atoms with Gasteiger partial charge in [0, 0.05) is 26.2 Å². The number of likely N-dealkylation sites (N-methyl/N-ethyl adjacent to an activating group) is 1. The molecule has 18 heavy (non-hydrogen) atoms. The Bertz CT molecular complexity index is 179. The highest BCUT2D eigenvalue weighted by Gasteiger charge is 2.08. The molecule has 0 aliphatic carbocycles. The normalized spacial score (nSPS) is 22.3. The zero-order chi connectivity index (χ0) is 13.1. The summed E-state index contributed by atoms with van der Waals surface area (Å²) in [4.78, 5) is 4.87. The van der Waals surface area contributed by atoms with Gasteiger partial charge in [0.2, 0.25) is 0 Å². The number of morpholine rings is 2. The van der Waals surface area contributed by atoms with E-state index in [1.165, 1.54) is 25.9 Å². The zero-order valence-electron chi connectivity index (χ0n) is 12.2. The van der Waals surface area contributed by atoms with Crippen LogP contribution in [0.15, 0.2) is 0 Å². The molecule has 2 heterocycles. The van der Waals surface area contributed by atoms with Gasteiger partial charge in [-0.3, -0.25) is 9.80 Å². The van der Waals surface area contributed by atoms with Crippen LogP contribution >= 0.6 is 0 Å². The molecule has 0 N–H and O–H groups in total. The fourth-order valence-corrected chi connectivity index (χ4v) is 2.12. The van der Waals surface area contributed by atoms with E-state index >= 15 is 0 Å². The van der Waals surface area contributed by atoms with Crippen LogP contribution in [0.3, 0.4) is 0 Å². The molecule has 0 aromatic carbocycles.